The van der Waals surface area contributed by atoms with Crippen molar-refractivity contribution < 1.29 is 5.11 Å². The minimum atomic E-state index is -0.483. The summed E-state index contributed by atoms with van der Waals surface area (Å²) < 4.78 is 5.91. The normalized spacial score (nSPS) is 12.8. The first-order chi connectivity index (χ1) is 8.72. The van der Waals surface area contributed by atoms with E-state index in [4.69, 9.17) is 0 Å². The number of aromatic nitrogens is 4. The monoisotopic (exact) mass is 266 g/mol. The fourth-order valence-electron chi connectivity index (χ4n) is 1.91. The molecule has 1 atom stereocenters. The molecular formula is C12H18N4OS. The Morgan fingerprint density at radius 3 is 2.94 bits per heavy atom. The van der Waals surface area contributed by atoms with Gasteiger partial charge in [0.15, 0.2) is 0 Å². The van der Waals surface area contributed by atoms with Crippen LogP contribution in [0.25, 0.3) is 0 Å². The zero-order valence-electron chi connectivity index (χ0n) is 10.7. The first kappa shape index (κ1) is 13.2. The van der Waals surface area contributed by atoms with Crippen molar-refractivity contribution in [1.29, 1.82) is 0 Å². The van der Waals surface area contributed by atoms with Gasteiger partial charge < -0.3 is 9.67 Å². The van der Waals surface area contributed by atoms with E-state index in [0.717, 1.165) is 35.7 Å². The molecule has 0 spiro atoms. The van der Waals surface area contributed by atoms with E-state index in [9.17, 15) is 5.11 Å². The molecule has 0 aliphatic rings. The summed E-state index contributed by atoms with van der Waals surface area (Å²) in [5.74, 6) is 0.989. The Kier molecular flexibility index (Phi) is 4.43. The molecule has 0 saturated carbocycles. The summed E-state index contributed by atoms with van der Waals surface area (Å²) in [6.07, 6.45) is 6.52. The fourth-order valence-corrected chi connectivity index (χ4v) is 2.63. The number of imidazole rings is 1. The zero-order chi connectivity index (χ0) is 13.0. The highest BCUT2D eigenvalue weighted by molar-refractivity contribution is 7.05. The molecule has 1 N–H and O–H groups in total. The van der Waals surface area contributed by atoms with Crippen LogP contribution in [-0.4, -0.2) is 24.2 Å². The van der Waals surface area contributed by atoms with Gasteiger partial charge in [-0.25, -0.2) is 4.98 Å². The van der Waals surface area contributed by atoms with Crippen molar-refractivity contribution in [3.8, 4) is 0 Å². The highest BCUT2D eigenvalue weighted by Gasteiger charge is 2.17. The molecule has 0 amide bonds. The second-order valence-corrected chi connectivity index (χ2v) is 5.13. The maximum atomic E-state index is 10.2. The third-order valence-corrected chi connectivity index (χ3v) is 3.80. The number of aliphatic hydroxyl groups is 1. The van der Waals surface area contributed by atoms with E-state index in [2.05, 4.69) is 21.5 Å². The van der Waals surface area contributed by atoms with E-state index in [1.54, 1.807) is 6.20 Å². The molecule has 0 radical (unpaired) electrons. The van der Waals surface area contributed by atoms with Crippen molar-refractivity contribution >= 4 is 11.5 Å². The second-order valence-electron chi connectivity index (χ2n) is 4.34. The number of rotatable bonds is 6. The van der Waals surface area contributed by atoms with Crippen molar-refractivity contribution in [3.05, 3.63) is 28.8 Å². The topological polar surface area (TPSA) is 63.8 Å². The standard InChI is InChI=1S/C12H18N4OS/c1-3-4-9-12(18-15-14-9)10(17)5-6-11-13-7-8-16(11)2/h7-8,10,17H,3-6H2,1-2H3. The molecule has 0 aliphatic carbocycles. The van der Waals surface area contributed by atoms with Crippen LogP contribution in [0, 0.1) is 0 Å². The number of aryl methyl sites for hydroxylation is 3. The zero-order valence-corrected chi connectivity index (χ0v) is 11.5. The summed E-state index contributed by atoms with van der Waals surface area (Å²) in [4.78, 5) is 5.16. The van der Waals surface area contributed by atoms with E-state index in [1.807, 2.05) is 17.8 Å². The van der Waals surface area contributed by atoms with Crippen LogP contribution in [0.3, 0.4) is 0 Å². The van der Waals surface area contributed by atoms with Crippen LogP contribution < -0.4 is 0 Å². The van der Waals surface area contributed by atoms with E-state index < -0.39 is 6.10 Å². The lowest BCUT2D eigenvalue weighted by atomic mass is 10.1. The molecule has 2 aromatic rings. The van der Waals surface area contributed by atoms with Gasteiger partial charge in [0.2, 0.25) is 0 Å². The Bertz CT molecular complexity index is 494. The SMILES string of the molecule is CCCc1nnsc1C(O)CCc1nccn1C. The molecule has 2 rings (SSSR count). The minimum Gasteiger partial charge on any atom is -0.387 e. The van der Waals surface area contributed by atoms with Gasteiger partial charge in [0.1, 0.15) is 5.82 Å². The fraction of sp³-hybridized carbons (Fsp3) is 0.583. The molecule has 0 bridgehead atoms. The lowest BCUT2D eigenvalue weighted by Crippen LogP contribution is -2.04. The van der Waals surface area contributed by atoms with Gasteiger partial charge in [-0.1, -0.05) is 17.8 Å². The third kappa shape index (κ3) is 2.94. The third-order valence-electron chi connectivity index (χ3n) is 2.94. The van der Waals surface area contributed by atoms with Crippen LogP contribution in [0.2, 0.25) is 0 Å². The van der Waals surface area contributed by atoms with Crippen LogP contribution in [0.4, 0.5) is 0 Å². The molecule has 0 fully saturated rings. The first-order valence-electron chi connectivity index (χ1n) is 6.17. The Hall–Kier alpha value is -1.27. The predicted octanol–water partition coefficient (Wildman–Crippen LogP) is 1.89. The summed E-state index contributed by atoms with van der Waals surface area (Å²) in [6, 6.07) is 0. The maximum Gasteiger partial charge on any atom is 0.108 e. The Morgan fingerprint density at radius 1 is 1.44 bits per heavy atom. The summed E-state index contributed by atoms with van der Waals surface area (Å²) >= 11 is 1.30. The van der Waals surface area contributed by atoms with Gasteiger partial charge in [-0.05, 0) is 24.4 Å². The van der Waals surface area contributed by atoms with Crippen LogP contribution >= 0.6 is 11.5 Å². The summed E-state index contributed by atoms with van der Waals surface area (Å²) in [6.45, 7) is 2.10. The van der Waals surface area contributed by atoms with Gasteiger partial charge in [-0.15, -0.1) is 5.10 Å². The van der Waals surface area contributed by atoms with E-state index in [0.29, 0.717) is 6.42 Å². The molecule has 98 valence electrons. The first-order valence-corrected chi connectivity index (χ1v) is 6.95. The van der Waals surface area contributed by atoms with Crippen LogP contribution in [0.15, 0.2) is 12.4 Å². The number of hydrogen-bond donors (Lipinski definition) is 1. The van der Waals surface area contributed by atoms with Crippen LogP contribution in [-0.2, 0) is 19.9 Å². The molecule has 2 aromatic heterocycles. The smallest absolute Gasteiger partial charge is 0.108 e. The average Bonchev–Trinajstić information content (AvgIpc) is 2.96. The lowest BCUT2D eigenvalue weighted by Gasteiger charge is -2.09. The average molecular weight is 266 g/mol. The van der Waals surface area contributed by atoms with E-state index in [1.165, 1.54) is 11.5 Å². The highest BCUT2D eigenvalue weighted by atomic mass is 32.1. The van der Waals surface area contributed by atoms with Crippen molar-refractivity contribution in [2.24, 2.45) is 7.05 Å². The maximum absolute atomic E-state index is 10.2. The van der Waals surface area contributed by atoms with Crippen molar-refractivity contribution in [1.82, 2.24) is 19.1 Å². The van der Waals surface area contributed by atoms with Crippen molar-refractivity contribution in [3.63, 3.8) is 0 Å². The van der Waals surface area contributed by atoms with Gasteiger partial charge in [0.05, 0.1) is 16.7 Å². The molecule has 1 unspecified atom stereocenters. The van der Waals surface area contributed by atoms with Gasteiger partial charge in [-0.3, -0.25) is 0 Å². The molecule has 0 saturated heterocycles. The Balaban J connectivity index is 1.97. The summed E-state index contributed by atoms with van der Waals surface area (Å²) in [5, 5.41) is 14.3. The molecule has 5 nitrogen and oxygen atoms in total. The summed E-state index contributed by atoms with van der Waals surface area (Å²) in [5.41, 5.74) is 0.940. The van der Waals surface area contributed by atoms with Gasteiger partial charge in [-0.2, -0.15) is 0 Å². The molecule has 6 heteroatoms. The summed E-state index contributed by atoms with van der Waals surface area (Å²) in [7, 11) is 1.96. The Morgan fingerprint density at radius 2 is 2.28 bits per heavy atom. The molecule has 0 aromatic carbocycles. The number of hydrogen-bond acceptors (Lipinski definition) is 5. The predicted molar refractivity (Wildman–Crippen MR) is 70.4 cm³/mol. The second kappa shape index (κ2) is 6.06. The Labute approximate surface area is 111 Å². The number of aliphatic hydroxyl groups excluding tert-OH is 1. The van der Waals surface area contributed by atoms with Gasteiger partial charge in [0.25, 0.3) is 0 Å². The van der Waals surface area contributed by atoms with Crippen molar-refractivity contribution in [2.45, 2.75) is 38.7 Å². The van der Waals surface area contributed by atoms with Crippen LogP contribution in [0.1, 0.15) is 42.3 Å². The lowest BCUT2D eigenvalue weighted by molar-refractivity contribution is 0.169. The van der Waals surface area contributed by atoms with Gasteiger partial charge in [0, 0.05) is 25.9 Å². The van der Waals surface area contributed by atoms with E-state index >= 15 is 0 Å². The van der Waals surface area contributed by atoms with E-state index in [-0.39, 0.29) is 0 Å². The quantitative estimate of drug-likeness (QED) is 0.867. The highest BCUT2D eigenvalue weighted by Crippen LogP contribution is 2.25. The van der Waals surface area contributed by atoms with Crippen molar-refractivity contribution in [2.75, 3.05) is 0 Å². The number of nitrogens with zero attached hydrogens (tertiary/aromatic N) is 4. The molecule has 2 heterocycles. The molecule has 18 heavy (non-hydrogen) atoms. The largest absolute Gasteiger partial charge is 0.387 e. The molecular weight excluding hydrogens is 248 g/mol. The van der Waals surface area contributed by atoms with Gasteiger partial charge >= 0.3 is 0 Å². The molecule has 0 aliphatic heterocycles. The minimum absolute atomic E-state index is 0.483. The van der Waals surface area contributed by atoms with Crippen LogP contribution in [0.5, 0.6) is 0 Å².